The number of hydrogen-bond donors (Lipinski definition) is 2. The molecule has 122 valence electrons. The molecule has 3 fully saturated rings. The van der Waals surface area contributed by atoms with Crippen molar-refractivity contribution < 1.29 is 13.2 Å². The molecule has 2 saturated carbocycles. The highest BCUT2D eigenvalue weighted by atomic mass is 19.4. The van der Waals surface area contributed by atoms with Crippen molar-refractivity contribution in [2.75, 3.05) is 6.54 Å². The van der Waals surface area contributed by atoms with Crippen LogP contribution in [0.5, 0.6) is 0 Å². The van der Waals surface area contributed by atoms with Crippen LogP contribution < -0.4 is 10.6 Å². The summed E-state index contributed by atoms with van der Waals surface area (Å²) in [6.07, 6.45) is 4.27. The molecule has 1 heterocycles. The molecule has 21 heavy (non-hydrogen) atoms. The highest BCUT2D eigenvalue weighted by Gasteiger charge is 2.43. The molecule has 0 spiro atoms. The molecule has 1 aliphatic heterocycles. The van der Waals surface area contributed by atoms with E-state index in [0.717, 1.165) is 19.4 Å². The average molecular weight is 304 g/mol. The van der Waals surface area contributed by atoms with E-state index in [1.54, 1.807) is 0 Å². The highest BCUT2D eigenvalue weighted by molar-refractivity contribution is 4.95. The fourth-order valence-corrected chi connectivity index (χ4v) is 4.70. The van der Waals surface area contributed by atoms with Gasteiger partial charge in [-0.25, -0.2) is 0 Å². The Kier molecular flexibility index (Phi) is 4.79. The van der Waals surface area contributed by atoms with Crippen molar-refractivity contribution in [1.29, 1.82) is 0 Å². The number of hydrogen-bond acceptors (Lipinski definition) is 2. The number of halogens is 3. The summed E-state index contributed by atoms with van der Waals surface area (Å²) in [5.41, 5.74) is 0. The Labute approximate surface area is 125 Å². The Hall–Kier alpha value is -0.290. The van der Waals surface area contributed by atoms with Crippen LogP contribution in [-0.4, -0.2) is 30.8 Å². The molecule has 2 nitrogen and oxygen atoms in total. The summed E-state index contributed by atoms with van der Waals surface area (Å²) in [5, 5.41) is 7.19. The van der Waals surface area contributed by atoms with Gasteiger partial charge >= 0.3 is 6.18 Å². The summed E-state index contributed by atoms with van der Waals surface area (Å²) in [7, 11) is 0. The Morgan fingerprint density at radius 1 is 0.905 bits per heavy atom. The van der Waals surface area contributed by atoms with Crippen LogP contribution in [-0.2, 0) is 0 Å². The van der Waals surface area contributed by atoms with Crippen LogP contribution >= 0.6 is 0 Å². The third kappa shape index (κ3) is 3.73. The fourth-order valence-electron chi connectivity index (χ4n) is 4.70. The summed E-state index contributed by atoms with van der Waals surface area (Å²) in [6.45, 7) is 1.10. The minimum Gasteiger partial charge on any atom is -0.314 e. The van der Waals surface area contributed by atoms with E-state index in [9.17, 15) is 13.2 Å². The van der Waals surface area contributed by atoms with Gasteiger partial charge in [0.1, 0.15) is 0 Å². The maximum absolute atomic E-state index is 12.9. The van der Waals surface area contributed by atoms with Crippen LogP contribution in [0.2, 0.25) is 0 Å². The van der Waals surface area contributed by atoms with Crippen LogP contribution in [0.15, 0.2) is 0 Å². The quantitative estimate of drug-likeness (QED) is 0.832. The molecular weight excluding hydrogens is 277 g/mol. The number of rotatable bonds is 3. The summed E-state index contributed by atoms with van der Waals surface area (Å²) in [4.78, 5) is 0. The lowest BCUT2D eigenvalue weighted by atomic mass is 9.84. The van der Waals surface area contributed by atoms with E-state index >= 15 is 0 Å². The number of nitrogens with one attached hydrogen (secondary N) is 2. The van der Waals surface area contributed by atoms with Crippen molar-refractivity contribution in [3.63, 3.8) is 0 Å². The van der Waals surface area contributed by atoms with Gasteiger partial charge in [-0.05, 0) is 57.4 Å². The Morgan fingerprint density at radius 2 is 1.71 bits per heavy atom. The zero-order valence-corrected chi connectivity index (χ0v) is 12.6. The van der Waals surface area contributed by atoms with Gasteiger partial charge in [-0.15, -0.1) is 0 Å². The first-order valence-corrected chi connectivity index (χ1v) is 8.60. The maximum Gasteiger partial charge on any atom is 0.391 e. The smallest absolute Gasteiger partial charge is 0.314 e. The van der Waals surface area contributed by atoms with Gasteiger partial charge in [-0.2, -0.15) is 13.2 Å². The van der Waals surface area contributed by atoms with Crippen molar-refractivity contribution in [1.82, 2.24) is 10.6 Å². The predicted molar refractivity (Wildman–Crippen MR) is 77.1 cm³/mol. The maximum atomic E-state index is 12.9. The molecule has 2 aliphatic carbocycles. The van der Waals surface area contributed by atoms with Gasteiger partial charge in [0.25, 0.3) is 0 Å². The van der Waals surface area contributed by atoms with Crippen molar-refractivity contribution in [2.45, 2.75) is 82.1 Å². The summed E-state index contributed by atoms with van der Waals surface area (Å²) in [6, 6.07) is 1.09. The van der Waals surface area contributed by atoms with Gasteiger partial charge < -0.3 is 10.6 Å². The molecule has 0 radical (unpaired) electrons. The molecule has 1 saturated heterocycles. The molecule has 0 bridgehead atoms. The minimum atomic E-state index is -4.01. The second kappa shape index (κ2) is 6.45. The van der Waals surface area contributed by atoms with E-state index in [0.29, 0.717) is 30.8 Å². The van der Waals surface area contributed by atoms with Gasteiger partial charge in [-0.1, -0.05) is 12.8 Å². The molecule has 0 aromatic rings. The van der Waals surface area contributed by atoms with Gasteiger partial charge in [0.2, 0.25) is 0 Å². The van der Waals surface area contributed by atoms with Gasteiger partial charge in [-0.3, -0.25) is 0 Å². The number of alkyl halides is 3. The largest absolute Gasteiger partial charge is 0.391 e. The highest BCUT2D eigenvalue weighted by Crippen LogP contribution is 2.39. The first-order valence-electron chi connectivity index (χ1n) is 8.60. The Bertz CT molecular complexity index is 339. The zero-order chi connectivity index (χ0) is 14.9. The third-order valence-corrected chi connectivity index (χ3v) is 5.77. The van der Waals surface area contributed by atoms with Crippen molar-refractivity contribution in [3.8, 4) is 0 Å². The monoisotopic (exact) mass is 304 g/mol. The summed E-state index contributed by atoms with van der Waals surface area (Å²) < 4.78 is 38.7. The molecule has 2 N–H and O–H groups in total. The molecule has 0 aromatic carbocycles. The molecule has 3 rings (SSSR count). The van der Waals surface area contributed by atoms with Gasteiger partial charge in [0, 0.05) is 18.1 Å². The normalized spacial score (nSPS) is 41.6. The SMILES string of the molecule is FC(F)(F)C1CCCC(NC2CCCC2C2CCCN2)C1. The third-order valence-electron chi connectivity index (χ3n) is 5.77. The Balaban J connectivity index is 1.55. The van der Waals surface area contributed by atoms with E-state index in [1.807, 2.05) is 0 Å². The van der Waals surface area contributed by atoms with Gasteiger partial charge in [0.15, 0.2) is 0 Å². The predicted octanol–water partition coefficient (Wildman–Crippen LogP) is 3.62. The average Bonchev–Trinajstić information content (AvgIpc) is 3.08. The topological polar surface area (TPSA) is 24.1 Å². The van der Waals surface area contributed by atoms with E-state index in [-0.39, 0.29) is 12.5 Å². The molecular formula is C16H27F3N2. The van der Waals surface area contributed by atoms with E-state index < -0.39 is 12.1 Å². The lowest BCUT2D eigenvalue weighted by Crippen LogP contribution is -2.48. The summed E-state index contributed by atoms with van der Waals surface area (Å²) >= 11 is 0. The van der Waals surface area contributed by atoms with Crippen LogP contribution in [0.3, 0.4) is 0 Å². The lowest BCUT2D eigenvalue weighted by molar-refractivity contribution is -0.184. The standard InChI is InChI=1S/C16H27F3N2/c17-16(18,19)11-4-1-5-12(10-11)21-15-7-2-6-13(15)14-8-3-9-20-14/h11-15,20-21H,1-10H2. The second-order valence-electron chi connectivity index (χ2n) is 7.17. The minimum absolute atomic E-state index is 0.0670. The zero-order valence-electron chi connectivity index (χ0n) is 12.6. The summed E-state index contributed by atoms with van der Waals surface area (Å²) in [5.74, 6) is -0.466. The van der Waals surface area contributed by atoms with Crippen molar-refractivity contribution >= 4 is 0 Å². The van der Waals surface area contributed by atoms with E-state index in [2.05, 4.69) is 10.6 Å². The fraction of sp³-hybridized carbons (Fsp3) is 1.00. The molecule has 0 amide bonds. The Morgan fingerprint density at radius 3 is 2.43 bits per heavy atom. The van der Waals surface area contributed by atoms with Crippen LogP contribution in [0, 0.1) is 11.8 Å². The van der Waals surface area contributed by atoms with E-state index in [4.69, 9.17) is 0 Å². The first-order chi connectivity index (χ1) is 10.0. The lowest BCUT2D eigenvalue weighted by Gasteiger charge is -2.35. The van der Waals surface area contributed by atoms with Crippen molar-refractivity contribution in [2.24, 2.45) is 11.8 Å². The first kappa shape index (κ1) is 15.6. The van der Waals surface area contributed by atoms with Crippen LogP contribution in [0.4, 0.5) is 13.2 Å². The molecule has 0 aromatic heterocycles. The second-order valence-corrected chi connectivity index (χ2v) is 7.17. The molecule has 5 unspecified atom stereocenters. The van der Waals surface area contributed by atoms with Crippen LogP contribution in [0.25, 0.3) is 0 Å². The van der Waals surface area contributed by atoms with E-state index in [1.165, 1.54) is 25.7 Å². The van der Waals surface area contributed by atoms with Gasteiger partial charge in [0.05, 0.1) is 5.92 Å². The molecule has 5 atom stereocenters. The van der Waals surface area contributed by atoms with Crippen molar-refractivity contribution in [3.05, 3.63) is 0 Å². The molecule has 3 aliphatic rings. The molecule has 5 heteroatoms. The van der Waals surface area contributed by atoms with Crippen LogP contribution in [0.1, 0.15) is 57.8 Å².